The third-order valence-electron chi connectivity index (χ3n) is 3.52. The molecule has 0 amide bonds. The molecule has 2 fully saturated rings. The molecule has 0 aromatic carbocycles. The van der Waals surface area contributed by atoms with Crippen molar-refractivity contribution in [2.45, 2.75) is 31.3 Å². The van der Waals surface area contributed by atoms with Gasteiger partial charge in [-0.25, -0.2) is 0 Å². The van der Waals surface area contributed by atoms with Gasteiger partial charge >= 0.3 is 0 Å². The highest BCUT2D eigenvalue weighted by molar-refractivity contribution is 9.10. The molecule has 3 rings (SSSR count). The van der Waals surface area contributed by atoms with Crippen LogP contribution in [-0.2, 0) is 0 Å². The van der Waals surface area contributed by atoms with E-state index in [0.29, 0.717) is 17.9 Å². The standard InChI is InChI=1S/C11H12BrNOS/c12-9-5-15-4-8(9)11(14)7-3-6-1-2-10(7)13-6/h4-7,10,13H,1-3H2. The normalized spacial score (nSPS) is 33.5. The van der Waals surface area contributed by atoms with Crippen LogP contribution in [0.25, 0.3) is 0 Å². The Morgan fingerprint density at radius 3 is 2.87 bits per heavy atom. The van der Waals surface area contributed by atoms with Gasteiger partial charge in [-0.3, -0.25) is 4.79 Å². The first-order valence-electron chi connectivity index (χ1n) is 5.27. The second kappa shape index (κ2) is 3.68. The largest absolute Gasteiger partial charge is 0.310 e. The monoisotopic (exact) mass is 285 g/mol. The fourth-order valence-corrected chi connectivity index (χ4v) is 4.25. The van der Waals surface area contributed by atoms with Gasteiger partial charge in [0.15, 0.2) is 5.78 Å². The minimum Gasteiger partial charge on any atom is -0.310 e. The van der Waals surface area contributed by atoms with Crippen LogP contribution in [-0.4, -0.2) is 17.9 Å². The van der Waals surface area contributed by atoms with Crippen molar-refractivity contribution in [2.75, 3.05) is 0 Å². The number of halogens is 1. The molecule has 2 bridgehead atoms. The van der Waals surface area contributed by atoms with Gasteiger partial charge in [-0.2, -0.15) is 11.3 Å². The van der Waals surface area contributed by atoms with Crippen LogP contribution >= 0.6 is 27.3 Å². The summed E-state index contributed by atoms with van der Waals surface area (Å²) in [7, 11) is 0. The van der Waals surface area contributed by atoms with E-state index in [1.54, 1.807) is 11.3 Å². The number of Topliss-reactive ketones (excluding diaryl/α,β-unsaturated/α-hetero) is 1. The molecule has 1 N–H and O–H groups in total. The summed E-state index contributed by atoms with van der Waals surface area (Å²) < 4.78 is 0.959. The molecular formula is C11H12BrNOS. The van der Waals surface area contributed by atoms with E-state index in [-0.39, 0.29) is 5.92 Å². The van der Waals surface area contributed by atoms with Crippen molar-refractivity contribution >= 4 is 33.0 Å². The zero-order chi connectivity index (χ0) is 10.4. The number of carbonyl (C=O) groups is 1. The first kappa shape index (κ1) is 10.00. The van der Waals surface area contributed by atoms with Crippen molar-refractivity contribution in [3.05, 3.63) is 20.8 Å². The Morgan fingerprint density at radius 1 is 1.47 bits per heavy atom. The highest BCUT2D eigenvalue weighted by Gasteiger charge is 2.43. The van der Waals surface area contributed by atoms with Gasteiger partial charge in [-0.1, -0.05) is 0 Å². The van der Waals surface area contributed by atoms with Crippen LogP contribution in [0.15, 0.2) is 15.2 Å². The van der Waals surface area contributed by atoms with E-state index in [4.69, 9.17) is 0 Å². The van der Waals surface area contributed by atoms with Crippen molar-refractivity contribution in [2.24, 2.45) is 5.92 Å². The molecule has 0 aliphatic carbocycles. The van der Waals surface area contributed by atoms with Crippen LogP contribution in [0.4, 0.5) is 0 Å². The van der Waals surface area contributed by atoms with Crippen LogP contribution in [0.3, 0.4) is 0 Å². The summed E-state index contributed by atoms with van der Waals surface area (Å²) in [5, 5.41) is 7.44. The van der Waals surface area contributed by atoms with E-state index < -0.39 is 0 Å². The van der Waals surface area contributed by atoms with Gasteiger partial charge in [0.25, 0.3) is 0 Å². The Hall–Kier alpha value is -0.190. The van der Waals surface area contributed by atoms with Crippen molar-refractivity contribution in [1.82, 2.24) is 5.32 Å². The Bertz CT molecular complexity index is 403. The molecule has 0 spiro atoms. The van der Waals surface area contributed by atoms with Gasteiger partial charge in [0, 0.05) is 38.8 Å². The van der Waals surface area contributed by atoms with E-state index in [1.165, 1.54) is 12.8 Å². The maximum Gasteiger partial charge on any atom is 0.169 e. The van der Waals surface area contributed by atoms with Gasteiger partial charge in [-0.15, -0.1) is 0 Å². The lowest BCUT2D eigenvalue weighted by atomic mass is 9.84. The van der Waals surface area contributed by atoms with Crippen LogP contribution in [0.1, 0.15) is 29.6 Å². The molecule has 2 nitrogen and oxygen atoms in total. The fourth-order valence-electron chi connectivity index (χ4n) is 2.77. The van der Waals surface area contributed by atoms with Gasteiger partial charge < -0.3 is 5.32 Å². The lowest BCUT2D eigenvalue weighted by molar-refractivity contribution is 0.0900. The zero-order valence-corrected chi connectivity index (χ0v) is 10.6. The topological polar surface area (TPSA) is 29.1 Å². The SMILES string of the molecule is O=C(c1cscc1Br)C1CC2CCC1N2. The summed E-state index contributed by atoms with van der Waals surface area (Å²) in [6.07, 6.45) is 3.45. The molecule has 0 saturated carbocycles. The maximum atomic E-state index is 12.3. The van der Waals surface area contributed by atoms with Crippen LogP contribution in [0, 0.1) is 5.92 Å². The van der Waals surface area contributed by atoms with E-state index in [9.17, 15) is 4.79 Å². The van der Waals surface area contributed by atoms with Crippen LogP contribution < -0.4 is 5.32 Å². The van der Waals surface area contributed by atoms with Crippen LogP contribution in [0.2, 0.25) is 0 Å². The summed E-state index contributed by atoms with van der Waals surface area (Å²) in [5.74, 6) is 0.539. The Morgan fingerprint density at radius 2 is 2.33 bits per heavy atom. The van der Waals surface area contributed by atoms with Crippen molar-refractivity contribution in [1.29, 1.82) is 0 Å². The van der Waals surface area contributed by atoms with Crippen molar-refractivity contribution < 1.29 is 4.79 Å². The summed E-state index contributed by atoms with van der Waals surface area (Å²) in [4.78, 5) is 12.3. The lowest BCUT2D eigenvalue weighted by Crippen LogP contribution is -2.28. The van der Waals surface area contributed by atoms with E-state index in [1.807, 2.05) is 10.8 Å². The number of hydrogen-bond acceptors (Lipinski definition) is 3. The quantitative estimate of drug-likeness (QED) is 0.847. The number of carbonyl (C=O) groups excluding carboxylic acids is 1. The molecule has 15 heavy (non-hydrogen) atoms. The number of thiophene rings is 1. The molecule has 4 heteroatoms. The first-order chi connectivity index (χ1) is 7.25. The summed E-state index contributed by atoms with van der Waals surface area (Å²) in [5.41, 5.74) is 0.874. The number of ketones is 1. The third kappa shape index (κ3) is 1.59. The Labute approximate surface area is 101 Å². The number of fused-ring (bicyclic) bond motifs is 2. The number of nitrogens with one attached hydrogen (secondary N) is 1. The van der Waals surface area contributed by atoms with Gasteiger partial charge in [-0.05, 0) is 35.2 Å². The molecule has 2 aliphatic rings. The van der Waals surface area contributed by atoms with Crippen molar-refractivity contribution in [3.8, 4) is 0 Å². The molecule has 3 unspecified atom stereocenters. The molecular weight excluding hydrogens is 274 g/mol. The molecule has 2 aliphatic heterocycles. The maximum absolute atomic E-state index is 12.3. The number of hydrogen-bond donors (Lipinski definition) is 1. The molecule has 0 radical (unpaired) electrons. The minimum absolute atomic E-state index is 0.217. The molecule has 1 aromatic heterocycles. The highest BCUT2D eigenvalue weighted by atomic mass is 79.9. The smallest absolute Gasteiger partial charge is 0.169 e. The zero-order valence-electron chi connectivity index (χ0n) is 8.20. The first-order valence-corrected chi connectivity index (χ1v) is 7.01. The molecule has 1 aromatic rings. The molecule has 2 saturated heterocycles. The molecule has 3 heterocycles. The summed E-state index contributed by atoms with van der Waals surface area (Å²) >= 11 is 5.02. The molecule has 80 valence electrons. The van der Waals surface area contributed by atoms with E-state index in [0.717, 1.165) is 16.5 Å². The third-order valence-corrected chi connectivity index (χ3v) is 5.22. The molecule has 3 atom stereocenters. The predicted octanol–water partition coefficient (Wildman–Crippen LogP) is 2.83. The second-order valence-corrected chi connectivity index (χ2v) is 5.99. The van der Waals surface area contributed by atoms with E-state index >= 15 is 0 Å². The fraction of sp³-hybridized carbons (Fsp3) is 0.545. The van der Waals surface area contributed by atoms with E-state index in [2.05, 4.69) is 21.2 Å². The predicted molar refractivity (Wildman–Crippen MR) is 64.4 cm³/mol. The summed E-state index contributed by atoms with van der Waals surface area (Å²) in [6, 6.07) is 1.04. The second-order valence-electron chi connectivity index (χ2n) is 4.39. The van der Waals surface area contributed by atoms with Crippen molar-refractivity contribution in [3.63, 3.8) is 0 Å². The minimum atomic E-state index is 0.217. The number of rotatable bonds is 2. The van der Waals surface area contributed by atoms with Gasteiger partial charge in [0.1, 0.15) is 0 Å². The summed E-state index contributed by atoms with van der Waals surface area (Å²) in [6.45, 7) is 0. The lowest BCUT2D eigenvalue weighted by Gasteiger charge is -2.18. The Kier molecular flexibility index (Phi) is 2.45. The Balaban J connectivity index is 1.84. The van der Waals surface area contributed by atoms with Gasteiger partial charge in [0.05, 0.1) is 0 Å². The average molecular weight is 286 g/mol. The van der Waals surface area contributed by atoms with Crippen LogP contribution in [0.5, 0.6) is 0 Å². The van der Waals surface area contributed by atoms with Gasteiger partial charge in [0.2, 0.25) is 0 Å². The average Bonchev–Trinajstić information content (AvgIpc) is 2.91. The highest BCUT2D eigenvalue weighted by Crippen LogP contribution is 2.36.